The third-order valence-electron chi connectivity index (χ3n) is 3.01. The van der Waals surface area contributed by atoms with Gasteiger partial charge in [0.15, 0.2) is 0 Å². The highest BCUT2D eigenvalue weighted by Crippen LogP contribution is 2.45. The largest absolute Gasteiger partial charge is 0.443 e. The lowest BCUT2D eigenvalue weighted by Gasteiger charge is -2.20. The highest BCUT2D eigenvalue weighted by Gasteiger charge is 2.26. The third-order valence-corrected chi connectivity index (χ3v) is 4.71. The molecule has 0 amide bonds. The number of hydrogen-bond donors (Lipinski definition) is 0. The van der Waals surface area contributed by atoms with Crippen LogP contribution >= 0.6 is 7.37 Å². The van der Waals surface area contributed by atoms with Crippen molar-refractivity contribution in [3.05, 3.63) is 30.3 Å². The smallest absolute Gasteiger partial charge is 0.245 e. The zero-order valence-electron chi connectivity index (χ0n) is 12.2. The molecule has 0 aliphatic rings. The van der Waals surface area contributed by atoms with Crippen LogP contribution in [0.3, 0.4) is 0 Å². The van der Waals surface area contributed by atoms with Gasteiger partial charge in [-0.25, -0.2) is 0 Å². The second-order valence-electron chi connectivity index (χ2n) is 5.15. The predicted octanol–water partition coefficient (Wildman–Crippen LogP) is 3.55. The Hall–Kier alpha value is -1.41. The molecule has 5 heteroatoms. The summed E-state index contributed by atoms with van der Waals surface area (Å²) in [4.78, 5) is 22.6. The standard InChI is InChI=1S/C15H21O4P/c1-12(16)9-10-14(13(2)17)11-20(3,18)19-15-7-5-4-6-8-15/h4-8,14H,9-11H2,1-3H3. The molecule has 1 rings (SSSR count). The van der Waals surface area contributed by atoms with Gasteiger partial charge in [0.1, 0.15) is 17.3 Å². The van der Waals surface area contributed by atoms with Crippen molar-refractivity contribution in [2.24, 2.45) is 5.92 Å². The monoisotopic (exact) mass is 296 g/mol. The summed E-state index contributed by atoms with van der Waals surface area (Å²) in [6, 6.07) is 8.91. The molecular formula is C15H21O4P. The minimum Gasteiger partial charge on any atom is -0.443 e. The summed E-state index contributed by atoms with van der Waals surface area (Å²) >= 11 is 0. The van der Waals surface area contributed by atoms with E-state index in [4.69, 9.17) is 4.52 Å². The van der Waals surface area contributed by atoms with Gasteiger partial charge in [0, 0.05) is 25.2 Å². The number of carbonyl (C=O) groups excluding carboxylic acids is 2. The molecule has 2 atom stereocenters. The molecule has 4 nitrogen and oxygen atoms in total. The summed E-state index contributed by atoms with van der Waals surface area (Å²) in [7, 11) is -2.92. The Kier molecular flexibility index (Phi) is 6.15. The van der Waals surface area contributed by atoms with Gasteiger partial charge in [-0.15, -0.1) is 0 Å². The molecule has 0 spiro atoms. The van der Waals surface area contributed by atoms with E-state index < -0.39 is 13.3 Å². The molecule has 0 aliphatic heterocycles. The van der Waals surface area contributed by atoms with Crippen molar-refractivity contribution in [2.45, 2.75) is 26.7 Å². The second-order valence-corrected chi connectivity index (χ2v) is 7.73. The van der Waals surface area contributed by atoms with E-state index in [1.54, 1.807) is 24.3 Å². The molecule has 0 aromatic heterocycles. The number of ketones is 2. The number of Topliss-reactive ketones (excluding diaryl/α,β-unsaturated/α-hetero) is 2. The lowest BCUT2D eigenvalue weighted by molar-refractivity contribution is -0.121. The molecule has 0 fully saturated rings. The zero-order valence-corrected chi connectivity index (χ0v) is 13.1. The van der Waals surface area contributed by atoms with Crippen LogP contribution in [0, 0.1) is 5.92 Å². The van der Waals surface area contributed by atoms with Crippen LogP contribution in [0.4, 0.5) is 0 Å². The Bertz CT molecular complexity index is 510. The lowest BCUT2D eigenvalue weighted by atomic mass is 10.0. The average Bonchev–Trinajstić information content (AvgIpc) is 2.34. The Morgan fingerprint density at radius 1 is 1.20 bits per heavy atom. The summed E-state index contributed by atoms with van der Waals surface area (Å²) in [5, 5.41) is 0. The number of carbonyl (C=O) groups is 2. The van der Waals surface area contributed by atoms with Gasteiger partial charge in [-0.1, -0.05) is 18.2 Å². The average molecular weight is 296 g/mol. The van der Waals surface area contributed by atoms with Crippen molar-refractivity contribution in [1.82, 2.24) is 0 Å². The van der Waals surface area contributed by atoms with E-state index in [0.717, 1.165) is 0 Å². The van der Waals surface area contributed by atoms with Crippen molar-refractivity contribution in [1.29, 1.82) is 0 Å². The van der Waals surface area contributed by atoms with Gasteiger partial charge in [-0.05, 0) is 32.4 Å². The van der Waals surface area contributed by atoms with Crippen molar-refractivity contribution in [3.63, 3.8) is 0 Å². The van der Waals surface area contributed by atoms with Crippen LogP contribution in [-0.2, 0) is 14.2 Å². The van der Waals surface area contributed by atoms with Crippen LogP contribution in [0.2, 0.25) is 0 Å². The van der Waals surface area contributed by atoms with Gasteiger partial charge in [0.2, 0.25) is 7.37 Å². The van der Waals surface area contributed by atoms with Crippen LogP contribution < -0.4 is 4.52 Å². The predicted molar refractivity (Wildman–Crippen MR) is 79.6 cm³/mol. The number of hydrogen-bond acceptors (Lipinski definition) is 4. The van der Waals surface area contributed by atoms with Gasteiger partial charge in [-0.3, -0.25) is 9.36 Å². The minimum atomic E-state index is -2.92. The maximum absolute atomic E-state index is 12.5. The molecule has 0 radical (unpaired) electrons. The molecule has 0 heterocycles. The minimum absolute atomic E-state index is 0.0335. The highest BCUT2D eigenvalue weighted by molar-refractivity contribution is 7.58. The summed E-state index contributed by atoms with van der Waals surface area (Å²) in [5.41, 5.74) is 0. The van der Waals surface area contributed by atoms with Crippen molar-refractivity contribution in [2.75, 3.05) is 12.8 Å². The first-order valence-electron chi connectivity index (χ1n) is 6.61. The lowest BCUT2D eigenvalue weighted by Crippen LogP contribution is -2.18. The molecule has 20 heavy (non-hydrogen) atoms. The van der Waals surface area contributed by atoms with Crippen molar-refractivity contribution in [3.8, 4) is 5.75 Å². The maximum atomic E-state index is 12.5. The fraction of sp³-hybridized carbons (Fsp3) is 0.467. The van der Waals surface area contributed by atoms with Crippen LogP contribution in [-0.4, -0.2) is 24.4 Å². The van der Waals surface area contributed by atoms with E-state index in [9.17, 15) is 14.2 Å². The molecule has 0 bridgehead atoms. The highest BCUT2D eigenvalue weighted by atomic mass is 31.2. The molecule has 2 unspecified atom stereocenters. The van der Waals surface area contributed by atoms with Crippen LogP contribution in [0.15, 0.2) is 30.3 Å². The van der Waals surface area contributed by atoms with Crippen LogP contribution in [0.25, 0.3) is 0 Å². The SMILES string of the molecule is CC(=O)CCC(CP(C)(=O)Oc1ccccc1)C(C)=O. The van der Waals surface area contributed by atoms with E-state index in [0.29, 0.717) is 18.6 Å². The summed E-state index contributed by atoms with van der Waals surface area (Å²) in [6.45, 7) is 4.49. The Morgan fingerprint density at radius 3 is 2.30 bits per heavy atom. The molecular weight excluding hydrogens is 275 g/mol. The van der Waals surface area contributed by atoms with Gasteiger partial charge < -0.3 is 9.32 Å². The summed E-state index contributed by atoms with van der Waals surface area (Å²) in [6.07, 6.45) is 0.931. The molecule has 1 aromatic carbocycles. The first-order valence-corrected chi connectivity index (χ1v) is 8.87. The molecule has 0 N–H and O–H groups in total. The number of rotatable bonds is 8. The van der Waals surface area contributed by atoms with Crippen molar-refractivity contribution >= 4 is 18.9 Å². The van der Waals surface area contributed by atoms with Gasteiger partial charge in [-0.2, -0.15) is 0 Å². The molecule has 0 saturated heterocycles. The first-order chi connectivity index (χ1) is 9.30. The fourth-order valence-corrected chi connectivity index (χ4v) is 3.83. The number of benzene rings is 1. The molecule has 0 saturated carbocycles. The molecule has 0 aliphatic carbocycles. The van der Waals surface area contributed by atoms with E-state index in [2.05, 4.69) is 0 Å². The molecule has 110 valence electrons. The first kappa shape index (κ1) is 16.6. The Morgan fingerprint density at radius 2 is 1.80 bits per heavy atom. The normalized spacial score (nSPS) is 15.2. The summed E-state index contributed by atoms with van der Waals surface area (Å²) < 4.78 is 18.0. The maximum Gasteiger partial charge on any atom is 0.245 e. The van der Waals surface area contributed by atoms with E-state index in [1.807, 2.05) is 6.07 Å². The molecule has 1 aromatic rings. The Labute approximate surface area is 120 Å². The number of para-hydroxylation sites is 1. The summed E-state index contributed by atoms with van der Waals surface area (Å²) in [5.74, 6) is 0.127. The van der Waals surface area contributed by atoms with Gasteiger partial charge >= 0.3 is 0 Å². The Balaban J connectivity index is 2.68. The third kappa shape index (κ3) is 6.16. The second kappa shape index (κ2) is 7.39. The van der Waals surface area contributed by atoms with E-state index in [-0.39, 0.29) is 17.7 Å². The van der Waals surface area contributed by atoms with Gasteiger partial charge in [0.25, 0.3) is 0 Å². The van der Waals surface area contributed by atoms with Gasteiger partial charge in [0.05, 0.1) is 0 Å². The van der Waals surface area contributed by atoms with Crippen LogP contribution in [0.1, 0.15) is 26.7 Å². The topological polar surface area (TPSA) is 60.4 Å². The van der Waals surface area contributed by atoms with E-state index in [1.165, 1.54) is 20.5 Å². The van der Waals surface area contributed by atoms with Crippen LogP contribution in [0.5, 0.6) is 5.75 Å². The fourth-order valence-electron chi connectivity index (χ4n) is 1.94. The van der Waals surface area contributed by atoms with E-state index >= 15 is 0 Å². The quantitative estimate of drug-likeness (QED) is 0.688. The zero-order chi connectivity index (χ0) is 15.2. The van der Waals surface area contributed by atoms with Crippen molar-refractivity contribution < 1.29 is 18.7 Å².